The lowest BCUT2D eigenvalue weighted by Crippen LogP contribution is -2.64. The minimum Gasteiger partial charge on any atom is -0.466 e. The summed E-state index contributed by atoms with van der Waals surface area (Å²) in [7, 11) is 0. The second-order valence-corrected chi connectivity index (χ2v) is 15.5. The van der Waals surface area contributed by atoms with E-state index >= 15 is 0 Å². The summed E-state index contributed by atoms with van der Waals surface area (Å²) < 4.78 is 19.3. The molecule has 5 aliphatic carbocycles. The van der Waals surface area contributed by atoms with E-state index in [-0.39, 0.29) is 28.3 Å². The van der Waals surface area contributed by atoms with Crippen molar-refractivity contribution in [3.05, 3.63) is 0 Å². The zero-order valence-corrected chi connectivity index (χ0v) is 26.8. The van der Waals surface area contributed by atoms with Crippen LogP contribution in [0.15, 0.2) is 0 Å². The minimum absolute atomic E-state index is 0.112. The van der Waals surface area contributed by atoms with E-state index in [0.29, 0.717) is 59.6 Å². The Kier molecular flexibility index (Phi) is 8.11. The van der Waals surface area contributed by atoms with Crippen LogP contribution in [0.5, 0.6) is 0 Å². The molecule has 0 aromatic rings. The predicted molar refractivity (Wildman–Crippen MR) is 157 cm³/mol. The molecule has 12 unspecified atom stereocenters. The molecule has 12 atom stereocenters. The van der Waals surface area contributed by atoms with Gasteiger partial charge in [0.2, 0.25) is 0 Å². The zero-order valence-electron chi connectivity index (χ0n) is 26.8. The van der Waals surface area contributed by atoms with Gasteiger partial charge in [0.05, 0.1) is 24.2 Å². The summed E-state index contributed by atoms with van der Waals surface area (Å²) in [4.78, 5) is 13.9. The third-order valence-electron chi connectivity index (χ3n) is 14.3. The Morgan fingerprint density at radius 1 is 0.769 bits per heavy atom. The topological polar surface area (TPSA) is 44.8 Å². The fraction of sp³-hybridized carbons (Fsp3) is 0.971. The first-order valence-electron chi connectivity index (χ1n) is 16.9. The number of ether oxygens (including phenoxy) is 3. The Morgan fingerprint density at radius 2 is 1.44 bits per heavy atom. The fourth-order valence-electron chi connectivity index (χ4n) is 12.4. The Morgan fingerprint density at radius 3 is 2.10 bits per heavy atom. The van der Waals surface area contributed by atoms with Crippen molar-refractivity contribution >= 4 is 5.97 Å². The molecule has 39 heavy (non-hydrogen) atoms. The number of hydrogen-bond acceptors (Lipinski definition) is 4. The molecule has 0 N–H and O–H groups in total. The standard InChI is InChI=1S/C35H60O4/c1-10-37-28-16-17-33(9)25-13-14-26-30-23(5)22(4)15-18-34(30,31(36)39-12-3)19-20-35(26,24(25)6)29(38-11-2)21-27(33)32(28,7)8/h22-30H,10-21H2,1-9H3. The van der Waals surface area contributed by atoms with Crippen LogP contribution in [0.4, 0.5) is 0 Å². The van der Waals surface area contributed by atoms with Crippen molar-refractivity contribution in [3.8, 4) is 0 Å². The van der Waals surface area contributed by atoms with Gasteiger partial charge >= 0.3 is 5.97 Å². The van der Waals surface area contributed by atoms with Crippen LogP contribution in [0.2, 0.25) is 0 Å². The van der Waals surface area contributed by atoms with Gasteiger partial charge in [-0.15, -0.1) is 0 Å². The molecule has 0 radical (unpaired) electrons. The summed E-state index contributed by atoms with van der Waals surface area (Å²) in [6.07, 6.45) is 11.0. The molecular formula is C35H60O4. The second kappa shape index (κ2) is 10.6. The Bertz CT molecular complexity index is 899. The maximum atomic E-state index is 13.9. The van der Waals surface area contributed by atoms with Gasteiger partial charge in [-0.05, 0) is 131 Å². The number of rotatable bonds is 6. The summed E-state index contributed by atoms with van der Waals surface area (Å²) in [5, 5.41) is 0. The Balaban J connectivity index is 1.63. The third-order valence-corrected chi connectivity index (χ3v) is 14.3. The lowest BCUT2D eigenvalue weighted by Gasteiger charge is -2.66. The van der Waals surface area contributed by atoms with Crippen LogP contribution in [0, 0.1) is 63.1 Å². The number of esters is 1. The normalized spacial score (nSPS) is 50.6. The van der Waals surface area contributed by atoms with Crippen LogP contribution in [-0.2, 0) is 19.0 Å². The SMILES string of the molecule is CCOC(=O)C12CCC(C)C(C)C1C1CCC3C(C)C1(CC2)C(OCC)CC1C(C)(C)C(OCC)CCC31C. The molecular weight excluding hydrogens is 484 g/mol. The molecule has 2 bridgehead atoms. The van der Waals surface area contributed by atoms with Gasteiger partial charge in [0.15, 0.2) is 0 Å². The summed E-state index contributed by atoms with van der Waals surface area (Å²) in [5.41, 5.74) is 0.269. The van der Waals surface area contributed by atoms with Gasteiger partial charge in [0.1, 0.15) is 0 Å². The molecule has 5 aliphatic rings. The number of carbonyl (C=O) groups excluding carboxylic acids is 1. The summed E-state index contributed by atoms with van der Waals surface area (Å²) >= 11 is 0. The van der Waals surface area contributed by atoms with Gasteiger partial charge in [-0.2, -0.15) is 0 Å². The minimum atomic E-state index is -0.302. The highest BCUT2D eigenvalue weighted by atomic mass is 16.5. The molecule has 0 heterocycles. The summed E-state index contributed by atoms with van der Waals surface area (Å²) in [6.45, 7) is 23.6. The van der Waals surface area contributed by atoms with Gasteiger partial charge in [-0.3, -0.25) is 4.79 Å². The van der Waals surface area contributed by atoms with Gasteiger partial charge < -0.3 is 14.2 Å². The highest BCUT2D eigenvalue weighted by molar-refractivity contribution is 5.78. The van der Waals surface area contributed by atoms with Crippen LogP contribution in [-0.4, -0.2) is 38.0 Å². The van der Waals surface area contributed by atoms with Crippen molar-refractivity contribution in [1.82, 2.24) is 0 Å². The second-order valence-electron chi connectivity index (χ2n) is 15.5. The number of fused-ring (bicyclic) bond motifs is 5. The Hall–Kier alpha value is -0.610. The first kappa shape index (κ1) is 29.9. The van der Waals surface area contributed by atoms with Crippen LogP contribution >= 0.6 is 0 Å². The van der Waals surface area contributed by atoms with Gasteiger partial charge in [-0.1, -0.05) is 41.5 Å². The fourth-order valence-corrected chi connectivity index (χ4v) is 12.4. The van der Waals surface area contributed by atoms with Crippen LogP contribution in [0.25, 0.3) is 0 Å². The number of carbonyl (C=O) groups is 1. The molecule has 4 nitrogen and oxygen atoms in total. The largest absolute Gasteiger partial charge is 0.466 e. The lowest BCUT2D eigenvalue weighted by molar-refractivity contribution is -0.224. The van der Waals surface area contributed by atoms with Gasteiger partial charge in [0.25, 0.3) is 0 Å². The van der Waals surface area contributed by atoms with Gasteiger partial charge in [-0.25, -0.2) is 0 Å². The first-order valence-corrected chi connectivity index (χ1v) is 16.9. The van der Waals surface area contributed by atoms with Crippen LogP contribution < -0.4 is 0 Å². The van der Waals surface area contributed by atoms with Crippen molar-refractivity contribution in [1.29, 1.82) is 0 Å². The maximum absolute atomic E-state index is 13.9. The molecule has 1 spiro atoms. The van der Waals surface area contributed by atoms with E-state index in [1.807, 2.05) is 6.92 Å². The third kappa shape index (κ3) is 4.14. The van der Waals surface area contributed by atoms with Crippen molar-refractivity contribution in [3.63, 3.8) is 0 Å². The average Bonchev–Trinajstić information content (AvgIpc) is 2.93. The van der Waals surface area contributed by atoms with Crippen molar-refractivity contribution in [2.45, 2.75) is 132 Å². The first-order chi connectivity index (χ1) is 18.5. The smallest absolute Gasteiger partial charge is 0.312 e. The highest BCUT2D eigenvalue weighted by Gasteiger charge is 2.71. The molecule has 224 valence electrons. The number of hydrogen-bond donors (Lipinski definition) is 0. The van der Waals surface area contributed by atoms with E-state index in [2.05, 4.69) is 55.4 Å². The average molecular weight is 545 g/mol. The quantitative estimate of drug-likeness (QED) is 0.315. The summed E-state index contributed by atoms with van der Waals surface area (Å²) in [5.74, 6) is 4.13. The van der Waals surface area contributed by atoms with E-state index in [1.165, 1.54) is 25.7 Å². The van der Waals surface area contributed by atoms with Crippen molar-refractivity contribution < 1.29 is 19.0 Å². The zero-order chi connectivity index (χ0) is 28.4. The van der Waals surface area contributed by atoms with Crippen molar-refractivity contribution in [2.75, 3.05) is 19.8 Å². The monoisotopic (exact) mass is 544 g/mol. The van der Waals surface area contributed by atoms with E-state index < -0.39 is 0 Å². The molecule has 0 aromatic carbocycles. The molecule has 0 saturated heterocycles. The molecule has 5 fully saturated rings. The Labute approximate surface area is 240 Å². The molecule has 5 saturated carbocycles. The molecule has 4 heteroatoms. The maximum Gasteiger partial charge on any atom is 0.312 e. The van der Waals surface area contributed by atoms with E-state index in [1.54, 1.807) is 0 Å². The summed E-state index contributed by atoms with van der Waals surface area (Å²) in [6, 6.07) is 0. The van der Waals surface area contributed by atoms with Gasteiger partial charge in [0, 0.05) is 18.6 Å². The van der Waals surface area contributed by atoms with Crippen LogP contribution in [0.3, 0.4) is 0 Å². The predicted octanol–water partition coefficient (Wildman–Crippen LogP) is 8.32. The van der Waals surface area contributed by atoms with E-state index in [9.17, 15) is 4.79 Å². The van der Waals surface area contributed by atoms with E-state index in [0.717, 1.165) is 45.3 Å². The van der Waals surface area contributed by atoms with Crippen molar-refractivity contribution in [2.24, 2.45) is 63.1 Å². The lowest BCUT2D eigenvalue weighted by atomic mass is 9.38. The van der Waals surface area contributed by atoms with E-state index in [4.69, 9.17) is 14.2 Å². The molecule has 0 aliphatic heterocycles. The highest BCUT2D eigenvalue weighted by Crippen LogP contribution is 2.74. The molecule has 0 aromatic heterocycles. The van der Waals surface area contributed by atoms with Crippen LogP contribution in [0.1, 0.15) is 120 Å². The molecule has 5 rings (SSSR count). The molecule has 0 amide bonds.